The molecule has 0 aromatic heterocycles. The summed E-state index contributed by atoms with van der Waals surface area (Å²) < 4.78 is 11.7. The standard InChI is InChI=1S/C12H13BrO4/c1-7(5-14)8-4-10(13)9(6-15)12-11(8)16-2-3-17-12/h4,6-7,14H,2-3,5H2,1H3. The summed E-state index contributed by atoms with van der Waals surface area (Å²) >= 11 is 3.34. The largest absolute Gasteiger partial charge is 0.486 e. The molecule has 1 heterocycles. The van der Waals surface area contributed by atoms with Crippen LogP contribution in [0.3, 0.4) is 0 Å². The Morgan fingerprint density at radius 1 is 1.47 bits per heavy atom. The number of halogens is 1. The highest BCUT2D eigenvalue weighted by Crippen LogP contribution is 2.43. The van der Waals surface area contributed by atoms with Crippen LogP contribution in [-0.2, 0) is 0 Å². The van der Waals surface area contributed by atoms with Crippen molar-refractivity contribution < 1.29 is 19.4 Å². The minimum Gasteiger partial charge on any atom is -0.486 e. The molecule has 4 nitrogen and oxygen atoms in total. The van der Waals surface area contributed by atoms with Crippen LogP contribution in [0.5, 0.6) is 11.5 Å². The fraction of sp³-hybridized carbons (Fsp3) is 0.417. The molecule has 0 saturated heterocycles. The molecule has 17 heavy (non-hydrogen) atoms. The van der Waals surface area contributed by atoms with E-state index in [1.165, 1.54) is 0 Å². The van der Waals surface area contributed by atoms with Crippen LogP contribution >= 0.6 is 15.9 Å². The molecule has 92 valence electrons. The van der Waals surface area contributed by atoms with Gasteiger partial charge in [-0.25, -0.2) is 0 Å². The number of carbonyl (C=O) groups excluding carboxylic acids is 1. The van der Waals surface area contributed by atoms with Crippen molar-refractivity contribution >= 4 is 22.2 Å². The number of aliphatic hydroxyl groups is 1. The fourth-order valence-corrected chi connectivity index (χ4v) is 2.32. The zero-order chi connectivity index (χ0) is 12.4. The zero-order valence-electron chi connectivity index (χ0n) is 9.40. The Bertz CT molecular complexity index is 445. The lowest BCUT2D eigenvalue weighted by Gasteiger charge is -2.25. The van der Waals surface area contributed by atoms with Crippen molar-refractivity contribution in [3.05, 3.63) is 21.7 Å². The first-order chi connectivity index (χ1) is 8.19. The van der Waals surface area contributed by atoms with E-state index in [1.807, 2.05) is 6.92 Å². The molecule has 1 aliphatic heterocycles. The molecule has 1 N–H and O–H groups in total. The van der Waals surface area contributed by atoms with Gasteiger partial charge in [-0.1, -0.05) is 6.92 Å². The molecule has 1 atom stereocenters. The lowest BCUT2D eigenvalue weighted by Crippen LogP contribution is -2.19. The molecule has 1 aromatic rings. The van der Waals surface area contributed by atoms with E-state index in [9.17, 15) is 9.90 Å². The van der Waals surface area contributed by atoms with E-state index < -0.39 is 0 Å². The number of benzene rings is 1. The van der Waals surface area contributed by atoms with E-state index in [0.717, 1.165) is 11.8 Å². The minimum absolute atomic E-state index is 0.0165. The van der Waals surface area contributed by atoms with Crippen LogP contribution in [-0.4, -0.2) is 31.2 Å². The van der Waals surface area contributed by atoms with Crippen molar-refractivity contribution in [2.75, 3.05) is 19.8 Å². The number of aldehydes is 1. The summed E-state index contributed by atoms with van der Waals surface area (Å²) in [5.74, 6) is 0.974. The van der Waals surface area contributed by atoms with Crippen LogP contribution in [0.2, 0.25) is 0 Å². The average molecular weight is 301 g/mol. The Labute approximate surface area is 108 Å². The Balaban J connectivity index is 2.62. The van der Waals surface area contributed by atoms with E-state index in [4.69, 9.17) is 9.47 Å². The molecule has 1 aromatic carbocycles. The third kappa shape index (κ3) is 2.17. The van der Waals surface area contributed by atoms with Gasteiger partial charge in [0.1, 0.15) is 13.2 Å². The molecule has 0 bridgehead atoms. The van der Waals surface area contributed by atoms with Crippen molar-refractivity contribution in [3.63, 3.8) is 0 Å². The van der Waals surface area contributed by atoms with Gasteiger partial charge in [-0.2, -0.15) is 0 Å². The van der Waals surface area contributed by atoms with Crippen LogP contribution in [0.1, 0.15) is 28.8 Å². The summed E-state index contributed by atoms with van der Waals surface area (Å²) in [5.41, 5.74) is 1.30. The first-order valence-corrected chi connectivity index (χ1v) is 6.16. The molecule has 2 rings (SSSR count). The maximum atomic E-state index is 11.0. The zero-order valence-corrected chi connectivity index (χ0v) is 11.0. The third-order valence-electron chi connectivity index (χ3n) is 2.75. The van der Waals surface area contributed by atoms with Crippen LogP contribution < -0.4 is 9.47 Å². The number of aliphatic hydroxyl groups excluding tert-OH is 1. The van der Waals surface area contributed by atoms with Gasteiger partial charge >= 0.3 is 0 Å². The predicted molar refractivity (Wildman–Crippen MR) is 66.0 cm³/mol. The van der Waals surface area contributed by atoms with Gasteiger partial charge in [-0.15, -0.1) is 0 Å². The maximum absolute atomic E-state index is 11.0. The van der Waals surface area contributed by atoms with Gasteiger partial charge in [0.25, 0.3) is 0 Å². The van der Waals surface area contributed by atoms with Gasteiger partial charge in [0.15, 0.2) is 17.8 Å². The lowest BCUT2D eigenvalue weighted by atomic mass is 9.98. The second kappa shape index (κ2) is 5.06. The topological polar surface area (TPSA) is 55.8 Å². The monoisotopic (exact) mass is 300 g/mol. The SMILES string of the molecule is CC(CO)c1cc(Br)c(C=O)c2c1OCCO2. The van der Waals surface area contributed by atoms with Crippen molar-refractivity contribution in [1.29, 1.82) is 0 Å². The minimum atomic E-state index is -0.0672. The number of hydrogen-bond acceptors (Lipinski definition) is 4. The summed E-state index contributed by atoms with van der Waals surface area (Å²) in [6, 6.07) is 1.80. The van der Waals surface area contributed by atoms with Gasteiger partial charge in [0.05, 0.1) is 5.56 Å². The molecule has 0 aliphatic carbocycles. The second-order valence-corrected chi connectivity index (χ2v) is 4.77. The van der Waals surface area contributed by atoms with Crippen LogP contribution in [0.4, 0.5) is 0 Å². The van der Waals surface area contributed by atoms with Gasteiger partial charge in [0.2, 0.25) is 0 Å². The first kappa shape index (κ1) is 12.4. The van der Waals surface area contributed by atoms with E-state index in [-0.39, 0.29) is 12.5 Å². The number of rotatable bonds is 3. The fourth-order valence-electron chi connectivity index (χ4n) is 1.80. The highest BCUT2D eigenvalue weighted by atomic mass is 79.9. The number of hydrogen-bond donors (Lipinski definition) is 1. The molecule has 0 fully saturated rings. The Hall–Kier alpha value is -1.07. The molecule has 0 amide bonds. The smallest absolute Gasteiger partial charge is 0.173 e. The lowest BCUT2D eigenvalue weighted by molar-refractivity contribution is 0.111. The van der Waals surface area contributed by atoms with Gasteiger partial charge in [-0.05, 0) is 22.0 Å². The normalized spacial score (nSPS) is 15.5. The molecule has 1 unspecified atom stereocenters. The Morgan fingerprint density at radius 3 is 2.71 bits per heavy atom. The van der Waals surface area contributed by atoms with Gasteiger partial charge < -0.3 is 14.6 Å². The molecule has 0 spiro atoms. The van der Waals surface area contributed by atoms with Crippen molar-refractivity contribution in [2.24, 2.45) is 0 Å². The molecule has 1 aliphatic rings. The number of ether oxygens (including phenoxy) is 2. The first-order valence-electron chi connectivity index (χ1n) is 5.37. The van der Waals surface area contributed by atoms with E-state index in [2.05, 4.69) is 15.9 Å². The number of carbonyl (C=O) groups is 1. The summed E-state index contributed by atoms with van der Waals surface area (Å²) in [5, 5.41) is 9.23. The van der Waals surface area contributed by atoms with Gasteiger partial charge in [-0.3, -0.25) is 4.79 Å². The van der Waals surface area contributed by atoms with Crippen LogP contribution in [0.25, 0.3) is 0 Å². The van der Waals surface area contributed by atoms with E-state index in [0.29, 0.717) is 34.7 Å². The highest BCUT2D eigenvalue weighted by molar-refractivity contribution is 9.10. The second-order valence-electron chi connectivity index (χ2n) is 3.92. The summed E-state index contributed by atoms with van der Waals surface area (Å²) in [7, 11) is 0. The number of fused-ring (bicyclic) bond motifs is 1. The molecular weight excluding hydrogens is 288 g/mol. The third-order valence-corrected chi connectivity index (χ3v) is 3.41. The van der Waals surface area contributed by atoms with Crippen molar-refractivity contribution in [1.82, 2.24) is 0 Å². The summed E-state index contributed by atoms with van der Waals surface area (Å²) in [4.78, 5) is 11.0. The Kier molecular flexibility index (Phi) is 3.69. The molecule has 5 heteroatoms. The van der Waals surface area contributed by atoms with Gasteiger partial charge in [0, 0.05) is 22.6 Å². The predicted octanol–water partition coefficient (Wildman–Crippen LogP) is 2.13. The maximum Gasteiger partial charge on any atom is 0.173 e. The van der Waals surface area contributed by atoms with Crippen molar-refractivity contribution in [2.45, 2.75) is 12.8 Å². The van der Waals surface area contributed by atoms with Crippen molar-refractivity contribution in [3.8, 4) is 11.5 Å². The molecular formula is C12H13BrO4. The average Bonchev–Trinajstić information content (AvgIpc) is 2.37. The quantitative estimate of drug-likeness (QED) is 0.869. The molecule has 0 saturated carbocycles. The summed E-state index contributed by atoms with van der Waals surface area (Å²) in [6.45, 7) is 2.79. The van der Waals surface area contributed by atoms with E-state index >= 15 is 0 Å². The molecule has 0 radical (unpaired) electrons. The highest BCUT2D eigenvalue weighted by Gasteiger charge is 2.24. The van der Waals surface area contributed by atoms with Crippen LogP contribution in [0, 0.1) is 0 Å². The van der Waals surface area contributed by atoms with E-state index in [1.54, 1.807) is 6.07 Å². The van der Waals surface area contributed by atoms with Crippen LogP contribution in [0.15, 0.2) is 10.5 Å². The summed E-state index contributed by atoms with van der Waals surface area (Å²) in [6.07, 6.45) is 0.741. The Morgan fingerprint density at radius 2 is 2.12 bits per heavy atom.